The number of pyridine rings is 1. The number of aromatic nitrogens is 1. The van der Waals surface area contributed by atoms with Gasteiger partial charge in [0, 0.05) is 16.8 Å². The lowest BCUT2D eigenvalue weighted by atomic mass is 9.99. The molecule has 5 nitrogen and oxygen atoms in total. The third-order valence-corrected chi connectivity index (χ3v) is 2.97. The first kappa shape index (κ1) is 13.7. The van der Waals surface area contributed by atoms with Gasteiger partial charge >= 0.3 is 0 Å². The van der Waals surface area contributed by atoms with Crippen molar-refractivity contribution in [2.24, 2.45) is 0 Å². The Bertz CT molecular complexity index is 742. The molecule has 0 atom stereocenters. The van der Waals surface area contributed by atoms with E-state index in [1.807, 2.05) is 6.07 Å². The quantitative estimate of drug-likeness (QED) is 0.928. The molecule has 0 unspecified atom stereocenters. The first-order chi connectivity index (χ1) is 9.62. The highest BCUT2D eigenvalue weighted by molar-refractivity contribution is 5.78. The van der Waals surface area contributed by atoms with Gasteiger partial charge in [-0.2, -0.15) is 5.26 Å². The average molecular weight is 270 g/mol. The van der Waals surface area contributed by atoms with Gasteiger partial charge in [-0.05, 0) is 19.1 Å². The highest BCUT2D eigenvalue weighted by Crippen LogP contribution is 2.38. The summed E-state index contributed by atoms with van der Waals surface area (Å²) in [6.45, 7) is 1.76. The van der Waals surface area contributed by atoms with Crippen molar-refractivity contribution in [3.8, 4) is 28.7 Å². The molecule has 102 valence electrons. The molecule has 0 aliphatic heterocycles. The van der Waals surface area contributed by atoms with Gasteiger partial charge in [0.15, 0.2) is 11.5 Å². The Kier molecular flexibility index (Phi) is 3.76. The summed E-state index contributed by atoms with van der Waals surface area (Å²) in [4.78, 5) is 14.5. The first-order valence-electron chi connectivity index (χ1n) is 5.97. The maximum absolute atomic E-state index is 11.9. The molecule has 5 heteroatoms. The summed E-state index contributed by atoms with van der Waals surface area (Å²) in [6.07, 6.45) is 0. The zero-order chi connectivity index (χ0) is 14.7. The third kappa shape index (κ3) is 2.24. The second-order valence-corrected chi connectivity index (χ2v) is 4.22. The van der Waals surface area contributed by atoms with Crippen LogP contribution in [0.3, 0.4) is 0 Å². The van der Waals surface area contributed by atoms with Gasteiger partial charge in [-0.1, -0.05) is 12.1 Å². The van der Waals surface area contributed by atoms with E-state index < -0.39 is 5.56 Å². The lowest BCUT2D eigenvalue weighted by molar-refractivity contribution is 0.356. The summed E-state index contributed by atoms with van der Waals surface area (Å²) >= 11 is 0. The molecule has 0 aliphatic rings. The number of rotatable bonds is 3. The number of nitriles is 1. The fourth-order valence-corrected chi connectivity index (χ4v) is 2.11. The molecule has 0 radical (unpaired) electrons. The molecule has 0 aliphatic carbocycles. The van der Waals surface area contributed by atoms with E-state index >= 15 is 0 Å². The number of nitrogens with zero attached hydrogens (tertiary/aromatic N) is 1. The van der Waals surface area contributed by atoms with Gasteiger partial charge in [0.1, 0.15) is 11.6 Å². The lowest BCUT2D eigenvalue weighted by Gasteiger charge is -2.13. The number of hydrogen-bond donors (Lipinski definition) is 1. The molecule has 20 heavy (non-hydrogen) atoms. The number of ether oxygens (including phenoxy) is 2. The molecular weight excluding hydrogens is 256 g/mol. The normalized spacial score (nSPS) is 9.90. The Balaban J connectivity index is 2.82. The van der Waals surface area contributed by atoms with Crippen LogP contribution in [0, 0.1) is 18.3 Å². The summed E-state index contributed by atoms with van der Waals surface area (Å²) in [5.74, 6) is 1.04. The van der Waals surface area contributed by atoms with Crippen molar-refractivity contribution in [2.45, 2.75) is 6.92 Å². The van der Waals surface area contributed by atoms with Gasteiger partial charge in [-0.15, -0.1) is 0 Å². The topological polar surface area (TPSA) is 75.1 Å². The SMILES string of the molecule is COc1cccc(-c2cc(C)[nH]c(=O)c2C#N)c1OC. The third-order valence-electron chi connectivity index (χ3n) is 2.97. The van der Waals surface area contributed by atoms with E-state index in [9.17, 15) is 10.1 Å². The highest BCUT2D eigenvalue weighted by Gasteiger charge is 2.16. The van der Waals surface area contributed by atoms with Crippen molar-refractivity contribution in [2.75, 3.05) is 14.2 Å². The lowest BCUT2D eigenvalue weighted by Crippen LogP contribution is -2.13. The number of hydrogen-bond acceptors (Lipinski definition) is 4. The van der Waals surface area contributed by atoms with Gasteiger partial charge in [-0.25, -0.2) is 0 Å². The molecule has 1 N–H and O–H groups in total. The summed E-state index contributed by atoms with van der Waals surface area (Å²) < 4.78 is 10.6. The number of aryl methyl sites for hydroxylation is 1. The molecule has 0 saturated carbocycles. The largest absolute Gasteiger partial charge is 0.493 e. The minimum absolute atomic E-state index is 0.0575. The molecule has 1 aromatic carbocycles. The zero-order valence-electron chi connectivity index (χ0n) is 11.5. The van der Waals surface area contributed by atoms with Crippen molar-refractivity contribution >= 4 is 0 Å². The smallest absolute Gasteiger partial charge is 0.266 e. The van der Waals surface area contributed by atoms with E-state index in [1.54, 1.807) is 31.2 Å². The first-order valence-corrected chi connectivity index (χ1v) is 5.97. The van der Waals surface area contributed by atoms with E-state index in [-0.39, 0.29) is 5.56 Å². The van der Waals surface area contributed by atoms with E-state index in [2.05, 4.69) is 4.98 Å². The Morgan fingerprint density at radius 1 is 1.20 bits per heavy atom. The predicted molar refractivity (Wildman–Crippen MR) is 75.1 cm³/mol. The number of methoxy groups -OCH3 is 2. The number of para-hydroxylation sites is 1. The molecule has 0 spiro atoms. The van der Waals surface area contributed by atoms with Crippen LogP contribution in [0.1, 0.15) is 11.3 Å². The minimum atomic E-state index is -0.410. The van der Waals surface area contributed by atoms with Crippen LogP contribution in [-0.4, -0.2) is 19.2 Å². The average Bonchev–Trinajstić information content (AvgIpc) is 2.45. The Morgan fingerprint density at radius 3 is 2.55 bits per heavy atom. The van der Waals surface area contributed by atoms with Crippen LogP contribution in [0.2, 0.25) is 0 Å². The fraction of sp³-hybridized carbons (Fsp3) is 0.200. The van der Waals surface area contributed by atoms with E-state index in [1.165, 1.54) is 14.2 Å². The van der Waals surface area contributed by atoms with Crippen LogP contribution in [0.4, 0.5) is 0 Å². The van der Waals surface area contributed by atoms with Crippen LogP contribution >= 0.6 is 0 Å². The highest BCUT2D eigenvalue weighted by atomic mass is 16.5. The van der Waals surface area contributed by atoms with E-state index in [0.29, 0.717) is 28.3 Å². The van der Waals surface area contributed by atoms with Gasteiger partial charge < -0.3 is 14.5 Å². The molecule has 0 fully saturated rings. The molecule has 2 aromatic rings. The molecular formula is C15H14N2O3. The Morgan fingerprint density at radius 2 is 1.95 bits per heavy atom. The predicted octanol–water partition coefficient (Wildman–Crippen LogP) is 2.24. The van der Waals surface area contributed by atoms with Crippen molar-refractivity contribution in [3.63, 3.8) is 0 Å². The summed E-state index contributed by atoms with van der Waals surface area (Å²) in [6, 6.07) is 9.02. The molecule has 0 amide bonds. The number of aromatic amines is 1. The van der Waals surface area contributed by atoms with Crippen LogP contribution in [0.25, 0.3) is 11.1 Å². The number of benzene rings is 1. The molecule has 1 aromatic heterocycles. The molecule has 2 rings (SSSR count). The maximum Gasteiger partial charge on any atom is 0.266 e. The van der Waals surface area contributed by atoms with Crippen molar-refractivity contribution in [1.29, 1.82) is 5.26 Å². The molecule has 1 heterocycles. The second kappa shape index (κ2) is 5.49. The standard InChI is InChI=1S/C15H14N2O3/c1-9-7-11(12(8-16)15(18)17-9)10-5-4-6-13(19-2)14(10)20-3/h4-7H,1-3H3,(H,17,18). The number of H-pyrrole nitrogens is 1. The second-order valence-electron chi connectivity index (χ2n) is 4.22. The van der Waals surface area contributed by atoms with Gasteiger partial charge in [0.2, 0.25) is 0 Å². The maximum atomic E-state index is 11.9. The van der Waals surface area contributed by atoms with Crippen molar-refractivity contribution in [3.05, 3.63) is 45.9 Å². The van der Waals surface area contributed by atoms with Crippen LogP contribution < -0.4 is 15.0 Å². The Hall–Kier alpha value is -2.74. The van der Waals surface area contributed by atoms with Crippen LogP contribution in [0.15, 0.2) is 29.1 Å². The number of nitrogens with one attached hydrogen (secondary N) is 1. The monoisotopic (exact) mass is 270 g/mol. The molecule has 0 bridgehead atoms. The summed E-state index contributed by atoms with van der Waals surface area (Å²) in [5, 5.41) is 9.20. The van der Waals surface area contributed by atoms with Gasteiger partial charge in [0.05, 0.1) is 14.2 Å². The van der Waals surface area contributed by atoms with Crippen molar-refractivity contribution < 1.29 is 9.47 Å². The fourth-order valence-electron chi connectivity index (χ4n) is 2.11. The summed E-state index contributed by atoms with van der Waals surface area (Å²) in [7, 11) is 3.06. The Labute approximate surface area is 116 Å². The molecule has 0 saturated heterocycles. The van der Waals surface area contributed by atoms with Gasteiger partial charge in [-0.3, -0.25) is 4.79 Å². The van der Waals surface area contributed by atoms with E-state index in [0.717, 1.165) is 0 Å². The van der Waals surface area contributed by atoms with Crippen molar-refractivity contribution in [1.82, 2.24) is 4.98 Å². The summed E-state index contributed by atoms with van der Waals surface area (Å²) in [5.41, 5.74) is 1.51. The van der Waals surface area contributed by atoms with Crippen LogP contribution in [-0.2, 0) is 0 Å². The van der Waals surface area contributed by atoms with Crippen LogP contribution in [0.5, 0.6) is 11.5 Å². The van der Waals surface area contributed by atoms with E-state index in [4.69, 9.17) is 9.47 Å². The zero-order valence-corrected chi connectivity index (χ0v) is 11.5. The van der Waals surface area contributed by atoms with Gasteiger partial charge in [0.25, 0.3) is 5.56 Å². The minimum Gasteiger partial charge on any atom is -0.493 e.